The quantitative estimate of drug-likeness (QED) is 0.361. The van der Waals surface area contributed by atoms with Gasteiger partial charge in [-0.15, -0.1) is 0 Å². The molecule has 1 aliphatic rings. The van der Waals surface area contributed by atoms with E-state index in [1.165, 1.54) is 18.5 Å². The summed E-state index contributed by atoms with van der Waals surface area (Å²) in [7, 11) is 0. The van der Waals surface area contributed by atoms with Crippen LogP contribution in [0, 0.1) is 11.2 Å². The van der Waals surface area contributed by atoms with Crippen molar-refractivity contribution in [2.24, 2.45) is 5.41 Å². The SMILES string of the molecule is C[C@]1(CCc2cc(F)c3cc(Cl)c(N)nc3c2)C=C(c2ccc3c(N)ncnn23)[C@H](O)[C@@H]1O. The Labute approximate surface area is 193 Å². The number of hydrogen-bond donors (Lipinski definition) is 4. The van der Waals surface area contributed by atoms with Crippen molar-refractivity contribution in [3.63, 3.8) is 0 Å². The van der Waals surface area contributed by atoms with Gasteiger partial charge in [0.25, 0.3) is 0 Å². The molecule has 0 spiro atoms. The molecule has 1 aromatic carbocycles. The van der Waals surface area contributed by atoms with Crippen LogP contribution in [0.3, 0.4) is 0 Å². The zero-order valence-electron chi connectivity index (χ0n) is 17.7. The summed E-state index contributed by atoms with van der Waals surface area (Å²) in [6.45, 7) is 1.86. The van der Waals surface area contributed by atoms with Gasteiger partial charge in [0.15, 0.2) is 5.82 Å². The molecular formula is C23H22ClFN6O2. The second-order valence-electron chi connectivity index (χ2n) is 8.66. The van der Waals surface area contributed by atoms with Crippen LogP contribution < -0.4 is 11.5 Å². The normalized spacial score (nSPS) is 22.9. The Kier molecular flexibility index (Phi) is 5.00. The van der Waals surface area contributed by atoms with Crippen molar-refractivity contribution in [1.29, 1.82) is 0 Å². The second kappa shape index (κ2) is 7.65. The van der Waals surface area contributed by atoms with E-state index in [2.05, 4.69) is 15.1 Å². The molecule has 6 N–H and O–H groups in total. The Balaban J connectivity index is 1.46. The van der Waals surface area contributed by atoms with Crippen molar-refractivity contribution >= 4 is 45.2 Å². The van der Waals surface area contributed by atoms with Crippen LogP contribution in [0.1, 0.15) is 24.6 Å². The molecule has 0 radical (unpaired) electrons. The summed E-state index contributed by atoms with van der Waals surface area (Å²) in [5.41, 5.74) is 13.8. The van der Waals surface area contributed by atoms with Crippen molar-refractivity contribution in [2.75, 3.05) is 11.5 Å². The number of rotatable bonds is 4. The van der Waals surface area contributed by atoms with Gasteiger partial charge in [0.1, 0.15) is 29.6 Å². The molecule has 3 aromatic heterocycles. The average molecular weight is 469 g/mol. The maximum absolute atomic E-state index is 14.7. The minimum Gasteiger partial charge on any atom is -0.389 e. The number of halogens is 2. The lowest BCUT2D eigenvalue weighted by Gasteiger charge is -2.28. The summed E-state index contributed by atoms with van der Waals surface area (Å²) < 4.78 is 16.2. The van der Waals surface area contributed by atoms with Gasteiger partial charge < -0.3 is 21.7 Å². The van der Waals surface area contributed by atoms with Crippen molar-refractivity contribution in [3.05, 3.63) is 64.8 Å². The summed E-state index contributed by atoms with van der Waals surface area (Å²) in [4.78, 5) is 8.16. The molecular weight excluding hydrogens is 447 g/mol. The summed E-state index contributed by atoms with van der Waals surface area (Å²) in [6.07, 6.45) is 1.95. The largest absolute Gasteiger partial charge is 0.389 e. The van der Waals surface area contributed by atoms with Gasteiger partial charge in [-0.25, -0.2) is 18.9 Å². The minimum absolute atomic E-state index is 0.137. The van der Waals surface area contributed by atoms with E-state index < -0.39 is 23.4 Å². The first-order valence-electron chi connectivity index (χ1n) is 10.4. The Hall–Kier alpha value is -3.27. The number of fused-ring (bicyclic) bond motifs is 2. The fourth-order valence-corrected chi connectivity index (χ4v) is 4.66. The third-order valence-electron chi connectivity index (χ3n) is 6.43. The van der Waals surface area contributed by atoms with Crippen molar-refractivity contribution in [3.8, 4) is 0 Å². The molecule has 0 aliphatic heterocycles. The summed E-state index contributed by atoms with van der Waals surface area (Å²) in [6, 6.07) is 8.21. The highest BCUT2D eigenvalue weighted by Crippen LogP contribution is 2.44. The van der Waals surface area contributed by atoms with Gasteiger partial charge in [0, 0.05) is 16.4 Å². The molecule has 33 heavy (non-hydrogen) atoms. The van der Waals surface area contributed by atoms with Crippen LogP contribution in [0.25, 0.3) is 22.0 Å². The molecule has 3 heterocycles. The van der Waals surface area contributed by atoms with Gasteiger partial charge in [-0.05, 0) is 48.7 Å². The number of hydrogen-bond acceptors (Lipinski definition) is 7. The van der Waals surface area contributed by atoms with E-state index in [9.17, 15) is 14.6 Å². The number of aromatic nitrogens is 4. The minimum atomic E-state index is -1.11. The van der Waals surface area contributed by atoms with Gasteiger partial charge in [0.2, 0.25) is 0 Å². The lowest BCUT2D eigenvalue weighted by atomic mass is 9.81. The summed E-state index contributed by atoms with van der Waals surface area (Å²) in [5.74, 6) is 0.0159. The van der Waals surface area contributed by atoms with Gasteiger partial charge in [-0.2, -0.15) is 5.10 Å². The zero-order chi connectivity index (χ0) is 23.5. The molecule has 0 saturated carbocycles. The molecule has 3 atom stereocenters. The molecule has 4 aromatic rings. The van der Waals surface area contributed by atoms with Crippen LogP contribution in [0.4, 0.5) is 16.0 Å². The maximum Gasteiger partial charge on any atom is 0.151 e. The van der Waals surface area contributed by atoms with E-state index >= 15 is 0 Å². The molecule has 0 amide bonds. The Morgan fingerprint density at radius 2 is 1.97 bits per heavy atom. The molecule has 5 rings (SSSR count). The standard InChI is InChI=1S/C23H22ClFN6O2/c1-23(5-4-11-6-15(25)12-8-14(24)21(26)30-16(12)7-11)9-13(19(32)20(23)33)17-2-3-18-22(27)28-10-29-31(17)18/h2-3,6-10,19-20,32-33H,4-5H2,1H3,(H2,26,30)(H2,27,28,29)/t19-,20-,23-/m0/s1. The van der Waals surface area contributed by atoms with E-state index in [1.807, 2.05) is 13.0 Å². The van der Waals surface area contributed by atoms with E-state index in [0.29, 0.717) is 51.9 Å². The number of aryl methyl sites for hydroxylation is 1. The first-order valence-corrected chi connectivity index (χ1v) is 10.8. The summed E-state index contributed by atoms with van der Waals surface area (Å²) in [5, 5.41) is 26.4. The van der Waals surface area contributed by atoms with Crippen molar-refractivity contribution < 1.29 is 14.6 Å². The monoisotopic (exact) mass is 468 g/mol. The lowest BCUT2D eigenvalue weighted by molar-refractivity contribution is -0.00256. The van der Waals surface area contributed by atoms with E-state index in [0.717, 1.165) is 0 Å². The topological polar surface area (TPSA) is 136 Å². The number of nitrogen functional groups attached to an aromatic ring is 2. The van der Waals surface area contributed by atoms with E-state index in [1.54, 1.807) is 22.7 Å². The Bertz CT molecular complexity index is 1440. The average Bonchev–Trinajstić information content (AvgIpc) is 3.30. The number of pyridine rings is 1. The van der Waals surface area contributed by atoms with E-state index in [4.69, 9.17) is 23.1 Å². The van der Waals surface area contributed by atoms with E-state index in [-0.39, 0.29) is 10.8 Å². The number of anilines is 2. The maximum atomic E-state index is 14.7. The molecule has 10 heteroatoms. The third kappa shape index (κ3) is 3.49. The molecule has 0 bridgehead atoms. The summed E-state index contributed by atoms with van der Waals surface area (Å²) >= 11 is 5.97. The predicted octanol–water partition coefficient (Wildman–Crippen LogP) is 2.99. The van der Waals surface area contributed by atoms with Gasteiger partial charge in [-0.3, -0.25) is 0 Å². The van der Waals surface area contributed by atoms with Crippen LogP contribution >= 0.6 is 11.6 Å². The predicted molar refractivity (Wildman–Crippen MR) is 125 cm³/mol. The highest BCUT2D eigenvalue weighted by atomic mass is 35.5. The number of nitrogens with two attached hydrogens (primary N) is 2. The van der Waals surface area contributed by atoms with Gasteiger partial charge >= 0.3 is 0 Å². The van der Waals surface area contributed by atoms with Crippen LogP contribution in [0.15, 0.2) is 42.7 Å². The Morgan fingerprint density at radius 1 is 1.18 bits per heavy atom. The highest BCUT2D eigenvalue weighted by molar-refractivity contribution is 6.33. The fraction of sp³-hybridized carbons (Fsp3) is 0.261. The highest BCUT2D eigenvalue weighted by Gasteiger charge is 2.44. The van der Waals surface area contributed by atoms with Gasteiger partial charge in [0.05, 0.1) is 22.3 Å². The Morgan fingerprint density at radius 3 is 2.76 bits per heavy atom. The molecule has 8 nitrogen and oxygen atoms in total. The zero-order valence-corrected chi connectivity index (χ0v) is 18.5. The smallest absolute Gasteiger partial charge is 0.151 e. The van der Waals surface area contributed by atoms with Crippen LogP contribution in [0.2, 0.25) is 5.02 Å². The number of aliphatic hydroxyl groups excluding tert-OH is 2. The van der Waals surface area contributed by atoms with Crippen molar-refractivity contribution in [2.45, 2.75) is 32.0 Å². The lowest BCUT2D eigenvalue weighted by Crippen LogP contribution is -2.35. The number of benzene rings is 1. The van der Waals surface area contributed by atoms with Crippen LogP contribution in [-0.2, 0) is 6.42 Å². The molecule has 0 fully saturated rings. The fourth-order valence-electron chi connectivity index (χ4n) is 4.51. The first kappa shape index (κ1) is 21.6. The number of aliphatic hydroxyl groups is 2. The molecule has 1 aliphatic carbocycles. The molecule has 0 unspecified atom stereocenters. The van der Waals surface area contributed by atoms with Crippen LogP contribution in [-0.4, -0.2) is 42.0 Å². The molecule has 0 saturated heterocycles. The first-order chi connectivity index (χ1) is 15.7. The third-order valence-corrected chi connectivity index (χ3v) is 6.74. The second-order valence-corrected chi connectivity index (χ2v) is 9.06. The number of nitrogens with zero attached hydrogens (tertiary/aromatic N) is 4. The van der Waals surface area contributed by atoms with Crippen LogP contribution in [0.5, 0.6) is 0 Å². The van der Waals surface area contributed by atoms with Crippen molar-refractivity contribution in [1.82, 2.24) is 19.6 Å². The van der Waals surface area contributed by atoms with Gasteiger partial charge in [-0.1, -0.05) is 24.6 Å². The molecule has 170 valence electrons.